The summed E-state index contributed by atoms with van der Waals surface area (Å²) in [7, 11) is -3.64. The number of benzene rings is 2. The Labute approximate surface area is 192 Å². The third-order valence-electron chi connectivity index (χ3n) is 4.42. The summed E-state index contributed by atoms with van der Waals surface area (Å²) in [5.74, 6) is 0. The fraction of sp³-hybridized carbons (Fsp3) is 0.238. The lowest BCUT2D eigenvalue weighted by atomic mass is 10.1. The molecule has 0 aromatic heterocycles. The summed E-state index contributed by atoms with van der Waals surface area (Å²) in [6.45, 7) is 3.31. The van der Waals surface area contributed by atoms with Gasteiger partial charge in [0.05, 0.1) is 35.0 Å². The van der Waals surface area contributed by atoms with Crippen LogP contribution in [0.4, 0.5) is 5.69 Å². The van der Waals surface area contributed by atoms with E-state index in [1.54, 1.807) is 6.21 Å². The van der Waals surface area contributed by atoms with Gasteiger partial charge in [-0.2, -0.15) is 9.41 Å². The number of hydrogen-bond acceptors (Lipinski definition) is 5. The van der Waals surface area contributed by atoms with Crippen LogP contribution in [0.5, 0.6) is 0 Å². The van der Waals surface area contributed by atoms with E-state index in [4.69, 9.17) is 28.6 Å². The molecule has 1 aliphatic heterocycles. The molecule has 0 atom stereocenters. The maximum atomic E-state index is 12.9. The Morgan fingerprint density at radius 3 is 2.61 bits per heavy atom. The Morgan fingerprint density at radius 2 is 1.90 bits per heavy atom. The second kappa shape index (κ2) is 10.8. The first-order valence-electron chi connectivity index (χ1n) is 9.57. The van der Waals surface area contributed by atoms with Gasteiger partial charge in [-0.05, 0) is 48.5 Å². The van der Waals surface area contributed by atoms with Crippen LogP contribution < -0.4 is 10.7 Å². The standard InChI is InChI=1S/C21H23ClN4O3S2/c1-16(13-17-5-3-2-4-6-17)15-23-25-21(30)24-20-14-18(7-8-19(20)22)31(27,28)26-9-11-29-12-10-26/h2-8,13-15H,9-12H2,1H3,(H2,24,25,30). The number of allylic oxidation sites excluding steroid dienone is 1. The number of sulfonamides is 1. The predicted molar refractivity (Wildman–Crippen MR) is 129 cm³/mol. The number of halogens is 1. The molecule has 31 heavy (non-hydrogen) atoms. The molecule has 10 heteroatoms. The maximum absolute atomic E-state index is 12.9. The predicted octanol–water partition coefficient (Wildman–Crippen LogP) is 3.74. The van der Waals surface area contributed by atoms with Crippen LogP contribution >= 0.6 is 23.8 Å². The van der Waals surface area contributed by atoms with E-state index in [0.717, 1.165) is 11.1 Å². The molecule has 0 aliphatic carbocycles. The summed E-state index contributed by atoms with van der Waals surface area (Å²) in [6.07, 6.45) is 3.63. The van der Waals surface area contributed by atoms with Crippen LogP contribution in [0.15, 0.2) is 64.1 Å². The van der Waals surface area contributed by atoms with Gasteiger partial charge >= 0.3 is 0 Å². The van der Waals surface area contributed by atoms with E-state index >= 15 is 0 Å². The van der Waals surface area contributed by atoms with Gasteiger partial charge < -0.3 is 10.1 Å². The maximum Gasteiger partial charge on any atom is 0.243 e. The van der Waals surface area contributed by atoms with Crippen molar-refractivity contribution in [2.75, 3.05) is 31.6 Å². The molecule has 164 valence electrons. The van der Waals surface area contributed by atoms with Crippen molar-refractivity contribution in [3.8, 4) is 0 Å². The molecule has 1 aliphatic rings. The minimum Gasteiger partial charge on any atom is -0.379 e. The van der Waals surface area contributed by atoms with Crippen molar-refractivity contribution in [3.63, 3.8) is 0 Å². The summed E-state index contributed by atoms with van der Waals surface area (Å²) in [4.78, 5) is 0.134. The van der Waals surface area contributed by atoms with Crippen LogP contribution in [0.1, 0.15) is 12.5 Å². The van der Waals surface area contributed by atoms with Gasteiger partial charge in [-0.25, -0.2) is 8.42 Å². The van der Waals surface area contributed by atoms with Gasteiger partial charge in [0.25, 0.3) is 0 Å². The van der Waals surface area contributed by atoms with E-state index in [-0.39, 0.29) is 10.0 Å². The number of hydrazone groups is 1. The minimum absolute atomic E-state index is 0.134. The van der Waals surface area contributed by atoms with E-state index in [9.17, 15) is 8.42 Å². The average molecular weight is 479 g/mol. The van der Waals surface area contributed by atoms with Crippen LogP contribution in [-0.4, -0.2) is 50.4 Å². The molecular formula is C21H23ClN4O3S2. The van der Waals surface area contributed by atoms with Crippen LogP contribution in [0.2, 0.25) is 5.02 Å². The van der Waals surface area contributed by atoms with Crippen LogP contribution in [0.25, 0.3) is 6.08 Å². The molecule has 0 amide bonds. The Hall–Kier alpha value is -2.30. The van der Waals surface area contributed by atoms with E-state index in [1.807, 2.05) is 43.3 Å². The van der Waals surface area contributed by atoms with Crippen LogP contribution in [-0.2, 0) is 14.8 Å². The van der Waals surface area contributed by atoms with Crippen LogP contribution in [0.3, 0.4) is 0 Å². The topological polar surface area (TPSA) is 83.0 Å². The highest BCUT2D eigenvalue weighted by atomic mass is 35.5. The monoisotopic (exact) mass is 478 g/mol. The molecule has 1 saturated heterocycles. The molecule has 3 rings (SSSR count). The van der Waals surface area contributed by atoms with Crippen molar-refractivity contribution >= 4 is 56.9 Å². The Kier molecular flexibility index (Phi) is 8.16. The second-order valence-corrected chi connectivity index (χ2v) is 9.53. The number of hydrogen-bond donors (Lipinski definition) is 2. The summed E-state index contributed by atoms with van der Waals surface area (Å²) < 4.78 is 32.3. The minimum atomic E-state index is -3.64. The molecule has 0 unspecified atom stereocenters. The zero-order valence-corrected chi connectivity index (χ0v) is 19.3. The number of anilines is 1. The lowest BCUT2D eigenvalue weighted by Gasteiger charge is -2.26. The van der Waals surface area contributed by atoms with Crippen molar-refractivity contribution < 1.29 is 13.2 Å². The first kappa shape index (κ1) is 23.4. The highest BCUT2D eigenvalue weighted by molar-refractivity contribution is 7.89. The third kappa shape index (κ3) is 6.59. The smallest absolute Gasteiger partial charge is 0.243 e. The van der Waals surface area contributed by atoms with Crippen LogP contribution in [0, 0.1) is 0 Å². The second-order valence-electron chi connectivity index (χ2n) is 6.78. The van der Waals surface area contributed by atoms with E-state index < -0.39 is 10.0 Å². The average Bonchev–Trinajstić information content (AvgIpc) is 2.76. The van der Waals surface area contributed by atoms with Gasteiger partial charge in [-0.15, -0.1) is 0 Å². The first-order chi connectivity index (χ1) is 14.9. The zero-order chi connectivity index (χ0) is 22.3. The molecule has 0 saturated carbocycles. The third-order valence-corrected chi connectivity index (χ3v) is 6.84. The van der Waals surface area contributed by atoms with Gasteiger partial charge in [-0.1, -0.05) is 48.0 Å². The highest BCUT2D eigenvalue weighted by Crippen LogP contribution is 2.27. The summed E-state index contributed by atoms with van der Waals surface area (Å²) in [6, 6.07) is 14.3. The lowest BCUT2D eigenvalue weighted by Crippen LogP contribution is -2.40. The number of thiocarbonyl (C=S) groups is 1. The molecule has 0 spiro atoms. The van der Waals surface area contributed by atoms with Gasteiger partial charge in [0, 0.05) is 13.1 Å². The van der Waals surface area contributed by atoms with Gasteiger partial charge in [-0.3, -0.25) is 5.43 Å². The fourth-order valence-corrected chi connectivity index (χ4v) is 4.65. The first-order valence-corrected chi connectivity index (χ1v) is 11.8. The summed E-state index contributed by atoms with van der Waals surface area (Å²) >= 11 is 11.5. The Bertz CT molecular complexity index is 1080. The van der Waals surface area contributed by atoms with Crippen molar-refractivity contribution in [3.05, 3.63) is 64.7 Å². The summed E-state index contributed by atoms with van der Waals surface area (Å²) in [5.41, 5.74) is 5.08. The number of ether oxygens (including phenoxy) is 1. The fourth-order valence-electron chi connectivity index (χ4n) is 2.89. The molecule has 0 bridgehead atoms. The molecule has 2 N–H and O–H groups in total. The SMILES string of the molecule is CC(C=NNC(=S)Nc1cc(S(=O)(=O)N2CCOCC2)ccc1Cl)=Cc1ccccc1. The molecule has 2 aromatic rings. The largest absolute Gasteiger partial charge is 0.379 e. The van der Waals surface area contributed by atoms with Gasteiger partial charge in [0.2, 0.25) is 10.0 Å². The number of nitrogens with one attached hydrogen (secondary N) is 2. The zero-order valence-electron chi connectivity index (χ0n) is 16.9. The van der Waals surface area contributed by atoms with Crippen molar-refractivity contribution in [2.24, 2.45) is 5.10 Å². The molecule has 1 fully saturated rings. The van der Waals surface area contributed by atoms with Crippen molar-refractivity contribution in [2.45, 2.75) is 11.8 Å². The molecule has 7 nitrogen and oxygen atoms in total. The Balaban J connectivity index is 1.64. The van der Waals surface area contributed by atoms with Gasteiger partial charge in [0.1, 0.15) is 0 Å². The van der Waals surface area contributed by atoms with Gasteiger partial charge in [0.15, 0.2) is 5.11 Å². The number of morpholine rings is 1. The van der Waals surface area contributed by atoms with Crippen molar-refractivity contribution in [1.82, 2.24) is 9.73 Å². The summed E-state index contributed by atoms with van der Waals surface area (Å²) in [5, 5.41) is 7.53. The lowest BCUT2D eigenvalue weighted by molar-refractivity contribution is 0.0730. The Morgan fingerprint density at radius 1 is 1.19 bits per heavy atom. The van der Waals surface area contributed by atoms with Crippen molar-refractivity contribution in [1.29, 1.82) is 0 Å². The molecule has 2 aromatic carbocycles. The van der Waals surface area contributed by atoms with E-state index in [1.165, 1.54) is 22.5 Å². The van der Waals surface area contributed by atoms with E-state index in [2.05, 4.69) is 15.8 Å². The normalized spacial score (nSPS) is 15.7. The molecular weight excluding hydrogens is 456 g/mol. The molecule has 0 radical (unpaired) electrons. The molecule has 1 heterocycles. The highest BCUT2D eigenvalue weighted by Gasteiger charge is 2.26. The number of rotatable bonds is 6. The van der Waals surface area contributed by atoms with E-state index in [0.29, 0.717) is 37.0 Å². The quantitative estimate of drug-likeness (QED) is 0.374. The number of nitrogens with zero attached hydrogens (tertiary/aromatic N) is 2.